The minimum absolute atomic E-state index is 0.00926. The molecule has 8 heteroatoms. The number of hydrogen-bond donors (Lipinski definition) is 1. The quantitative estimate of drug-likeness (QED) is 0.748. The Morgan fingerprint density at radius 3 is 2.93 bits per heavy atom. The van der Waals surface area contributed by atoms with Crippen LogP contribution in [0, 0.1) is 20.8 Å². The lowest BCUT2D eigenvalue weighted by Crippen LogP contribution is -2.25. The van der Waals surface area contributed by atoms with Gasteiger partial charge in [-0.2, -0.15) is 5.10 Å². The molecule has 4 rings (SSSR count). The molecule has 0 saturated carbocycles. The topological polar surface area (TPSA) is 75.4 Å². The fourth-order valence-electron chi connectivity index (χ4n) is 3.60. The Morgan fingerprint density at radius 2 is 2.11 bits per heavy atom. The molecule has 0 atom stereocenters. The van der Waals surface area contributed by atoms with Crippen molar-refractivity contribution >= 4 is 28.0 Å². The second-order valence-corrected chi connectivity index (χ2v) is 8.33. The van der Waals surface area contributed by atoms with E-state index >= 15 is 0 Å². The van der Waals surface area contributed by atoms with Gasteiger partial charge in [-0.15, -0.1) is 11.3 Å². The van der Waals surface area contributed by atoms with Crippen molar-refractivity contribution in [1.29, 1.82) is 0 Å². The van der Waals surface area contributed by atoms with E-state index in [2.05, 4.69) is 32.3 Å². The van der Waals surface area contributed by atoms with E-state index in [9.17, 15) is 4.79 Å². The fourth-order valence-corrected chi connectivity index (χ4v) is 4.70. The summed E-state index contributed by atoms with van der Waals surface area (Å²) in [5.74, 6) is -0.00926. The number of amides is 1. The molecule has 3 aromatic rings. The van der Waals surface area contributed by atoms with Crippen molar-refractivity contribution in [2.24, 2.45) is 0 Å². The molecule has 0 bridgehead atoms. The molecule has 1 N–H and O–H groups in total. The van der Waals surface area contributed by atoms with Crippen LogP contribution in [-0.4, -0.2) is 44.0 Å². The van der Waals surface area contributed by atoms with Gasteiger partial charge in [-0.05, 0) is 39.8 Å². The Bertz CT molecular complexity index is 1020. The minimum Gasteiger partial charge on any atom is -0.302 e. The third-order valence-electron chi connectivity index (χ3n) is 5.06. The first kappa shape index (κ1) is 18.1. The first-order valence-electron chi connectivity index (χ1n) is 9.20. The van der Waals surface area contributed by atoms with Gasteiger partial charge in [0.2, 0.25) is 5.91 Å². The van der Waals surface area contributed by atoms with E-state index in [0.29, 0.717) is 18.0 Å². The van der Waals surface area contributed by atoms with E-state index in [4.69, 9.17) is 0 Å². The Balaban J connectivity index is 1.44. The summed E-state index contributed by atoms with van der Waals surface area (Å²) in [4.78, 5) is 25.2. The van der Waals surface area contributed by atoms with E-state index in [-0.39, 0.29) is 5.91 Å². The highest BCUT2D eigenvalue weighted by atomic mass is 32.1. The highest BCUT2D eigenvalue weighted by molar-refractivity contribution is 7.15. The lowest BCUT2D eigenvalue weighted by molar-refractivity contribution is -0.116. The molecule has 1 aliphatic rings. The van der Waals surface area contributed by atoms with Gasteiger partial charge in [0, 0.05) is 48.3 Å². The van der Waals surface area contributed by atoms with E-state index in [1.54, 1.807) is 11.3 Å². The molecular weight excluding hydrogens is 360 g/mol. The van der Waals surface area contributed by atoms with Crippen LogP contribution in [0.2, 0.25) is 0 Å². The third kappa shape index (κ3) is 3.59. The van der Waals surface area contributed by atoms with E-state index < -0.39 is 0 Å². The maximum atomic E-state index is 12.5. The van der Waals surface area contributed by atoms with Crippen LogP contribution in [0.25, 0.3) is 5.65 Å². The average molecular weight is 385 g/mol. The Morgan fingerprint density at radius 1 is 1.30 bits per heavy atom. The molecule has 142 valence electrons. The maximum Gasteiger partial charge on any atom is 0.226 e. The molecular formula is C19H24N6OS. The van der Waals surface area contributed by atoms with Gasteiger partial charge in [0.25, 0.3) is 0 Å². The molecule has 7 nitrogen and oxygen atoms in total. The van der Waals surface area contributed by atoms with Crippen molar-refractivity contribution in [1.82, 2.24) is 24.5 Å². The van der Waals surface area contributed by atoms with Gasteiger partial charge in [0.15, 0.2) is 10.8 Å². The van der Waals surface area contributed by atoms with Crippen molar-refractivity contribution in [2.75, 3.05) is 18.9 Å². The lowest BCUT2D eigenvalue weighted by atomic mass is 10.1. The van der Waals surface area contributed by atoms with Crippen molar-refractivity contribution in [3.63, 3.8) is 0 Å². The number of thiazole rings is 1. The molecule has 4 heterocycles. The summed E-state index contributed by atoms with van der Waals surface area (Å²) in [5, 5.41) is 8.18. The summed E-state index contributed by atoms with van der Waals surface area (Å²) in [7, 11) is 2.11. The largest absolute Gasteiger partial charge is 0.302 e. The van der Waals surface area contributed by atoms with Gasteiger partial charge in [0.05, 0.1) is 11.4 Å². The maximum absolute atomic E-state index is 12.5. The summed E-state index contributed by atoms with van der Waals surface area (Å²) >= 11 is 1.59. The predicted molar refractivity (Wildman–Crippen MR) is 106 cm³/mol. The molecule has 3 aromatic heterocycles. The first-order chi connectivity index (χ1) is 12.9. The fraction of sp³-hybridized carbons (Fsp3) is 0.474. The number of carbonyl (C=O) groups excluding carboxylic acids is 1. The molecule has 0 spiro atoms. The summed E-state index contributed by atoms with van der Waals surface area (Å²) in [6.07, 6.45) is 1.99. The monoisotopic (exact) mass is 384 g/mol. The zero-order valence-corrected chi connectivity index (χ0v) is 17.0. The van der Waals surface area contributed by atoms with E-state index in [1.807, 2.05) is 31.4 Å². The first-order valence-corrected chi connectivity index (χ1v) is 10.0. The molecule has 1 aliphatic heterocycles. The normalized spacial score (nSPS) is 14.5. The van der Waals surface area contributed by atoms with Crippen molar-refractivity contribution < 1.29 is 4.79 Å². The molecule has 0 saturated heterocycles. The van der Waals surface area contributed by atoms with Crippen LogP contribution in [0.5, 0.6) is 0 Å². The van der Waals surface area contributed by atoms with E-state index in [0.717, 1.165) is 53.5 Å². The third-order valence-corrected chi connectivity index (χ3v) is 6.05. The smallest absolute Gasteiger partial charge is 0.226 e. The van der Waals surface area contributed by atoms with Gasteiger partial charge < -0.3 is 10.2 Å². The minimum atomic E-state index is -0.00926. The number of aromatic nitrogens is 4. The number of nitrogens with zero attached hydrogens (tertiary/aromatic N) is 5. The number of anilines is 1. The van der Waals surface area contributed by atoms with Crippen molar-refractivity contribution in [3.8, 4) is 0 Å². The SMILES string of the molecule is Cc1cc2nc(C)c(CCC(=O)Nc3nc4c(s3)CN(C)CC4)c(C)n2n1. The van der Waals surface area contributed by atoms with Gasteiger partial charge in [-0.3, -0.25) is 4.79 Å². The second-order valence-electron chi connectivity index (χ2n) is 7.24. The van der Waals surface area contributed by atoms with Crippen LogP contribution in [0.3, 0.4) is 0 Å². The summed E-state index contributed by atoms with van der Waals surface area (Å²) in [6, 6.07) is 1.97. The van der Waals surface area contributed by atoms with E-state index in [1.165, 1.54) is 4.88 Å². The number of aryl methyl sites for hydroxylation is 3. The summed E-state index contributed by atoms with van der Waals surface area (Å²) in [5.41, 5.74) is 6.02. The average Bonchev–Trinajstić information content (AvgIpc) is 3.16. The van der Waals surface area contributed by atoms with Crippen LogP contribution < -0.4 is 5.32 Å². The lowest BCUT2D eigenvalue weighted by Gasteiger charge is -2.20. The molecule has 0 aromatic carbocycles. The van der Waals surface area contributed by atoms with Gasteiger partial charge in [-0.25, -0.2) is 14.5 Å². The van der Waals surface area contributed by atoms with Gasteiger partial charge in [0.1, 0.15) is 0 Å². The number of likely N-dealkylation sites (N-methyl/N-ethyl adjacent to an activating group) is 1. The van der Waals surface area contributed by atoms with Gasteiger partial charge >= 0.3 is 0 Å². The molecule has 0 radical (unpaired) electrons. The number of nitrogens with one attached hydrogen (secondary N) is 1. The van der Waals surface area contributed by atoms with Crippen LogP contribution in [0.4, 0.5) is 5.13 Å². The van der Waals surface area contributed by atoms with Gasteiger partial charge in [-0.1, -0.05) is 0 Å². The molecule has 27 heavy (non-hydrogen) atoms. The van der Waals surface area contributed by atoms with Crippen molar-refractivity contribution in [2.45, 2.75) is 46.6 Å². The highest BCUT2D eigenvalue weighted by Gasteiger charge is 2.19. The number of hydrogen-bond acceptors (Lipinski definition) is 6. The zero-order chi connectivity index (χ0) is 19.1. The number of carbonyl (C=O) groups is 1. The standard InChI is InChI=1S/C19H24N6OS/c1-11-9-17-20-12(2)14(13(3)25(17)23-11)5-6-18(26)22-19-21-15-7-8-24(4)10-16(15)27-19/h9H,5-8,10H2,1-4H3,(H,21,22,26). The van der Waals surface area contributed by atoms with Crippen LogP contribution in [0.1, 0.15) is 39.6 Å². The summed E-state index contributed by atoms with van der Waals surface area (Å²) < 4.78 is 1.86. The molecule has 1 amide bonds. The number of rotatable bonds is 4. The van der Waals surface area contributed by atoms with Crippen LogP contribution >= 0.6 is 11.3 Å². The molecule has 0 unspecified atom stereocenters. The zero-order valence-electron chi connectivity index (χ0n) is 16.2. The highest BCUT2D eigenvalue weighted by Crippen LogP contribution is 2.28. The molecule has 0 aliphatic carbocycles. The Labute approximate surface area is 162 Å². The Kier molecular flexibility index (Phi) is 4.69. The van der Waals surface area contributed by atoms with Crippen LogP contribution in [0.15, 0.2) is 6.07 Å². The molecule has 0 fully saturated rings. The predicted octanol–water partition coefficient (Wildman–Crippen LogP) is 2.67. The number of fused-ring (bicyclic) bond motifs is 2. The second kappa shape index (κ2) is 7.01. The van der Waals surface area contributed by atoms with Crippen LogP contribution in [-0.2, 0) is 24.2 Å². The summed E-state index contributed by atoms with van der Waals surface area (Å²) in [6.45, 7) is 7.92. The van der Waals surface area contributed by atoms with Crippen molar-refractivity contribution in [3.05, 3.63) is 39.3 Å². The Hall–Kier alpha value is -2.32.